The summed E-state index contributed by atoms with van der Waals surface area (Å²) in [6.07, 6.45) is 4.01. The Morgan fingerprint density at radius 1 is 0.338 bits per heavy atom. The zero-order chi connectivity index (χ0) is 42.6. The van der Waals surface area contributed by atoms with E-state index in [1.807, 2.05) is 46.4 Å². The largest absolute Gasteiger partial charge is 0.455 e. The first kappa shape index (κ1) is 37.1. The third-order valence-electron chi connectivity index (χ3n) is 13.3. The van der Waals surface area contributed by atoms with Gasteiger partial charge in [0.1, 0.15) is 5.58 Å². The lowest BCUT2D eigenvalue weighted by atomic mass is 10.0. The molecule has 0 radical (unpaired) electrons. The molecule has 0 aliphatic heterocycles. The molecule has 6 heterocycles. The molecular weight excluding hydrogens is 865 g/mol. The van der Waals surface area contributed by atoms with E-state index in [2.05, 4.69) is 194 Å². The van der Waals surface area contributed by atoms with Crippen molar-refractivity contribution < 1.29 is 4.42 Å². The topological polar surface area (TPSA) is 38.9 Å². The number of hydrogen-bond acceptors (Lipinski definition) is 6. The molecule has 14 rings (SSSR count). The van der Waals surface area contributed by atoms with Gasteiger partial charge in [0, 0.05) is 79.0 Å². The lowest BCUT2D eigenvalue weighted by Gasteiger charge is -2.32. The Hall–Kier alpha value is -7.26. The first-order valence-corrected chi connectivity index (χ1v) is 26.2. The van der Waals surface area contributed by atoms with Crippen molar-refractivity contribution in [3.63, 3.8) is 0 Å². The van der Waals surface area contributed by atoms with Gasteiger partial charge in [0.25, 0.3) is 0 Å². The van der Waals surface area contributed by atoms with Gasteiger partial charge >= 0.3 is 0 Å². The summed E-state index contributed by atoms with van der Waals surface area (Å²) in [6, 6.07) is 71.1. The first-order valence-electron chi connectivity index (χ1n) is 21.8. The molecule has 0 atom stereocenters. The van der Waals surface area contributed by atoms with Crippen LogP contribution in [-0.2, 0) is 0 Å². The molecule has 0 fully saturated rings. The zero-order valence-corrected chi connectivity index (χ0v) is 38.1. The summed E-state index contributed by atoms with van der Waals surface area (Å²) in [6.45, 7) is 0. The fraction of sp³-hybridized carbons (Fsp3) is 0. The van der Waals surface area contributed by atoms with Gasteiger partial charge in [-0.1, -0.05) is 121 Å². The maximum atomic E-state index is 7.10. The number of pyridine rings is 2. The second kappa shape index (κ2) is 14.4. The Morgan fingerprint density at radius 2 is 0.785 bits per heavy atom. The van der Waals surface area contributed by atoms with Gasteiger partial charge in [-0.2, -0.15) is 0 Å². The number of thiophene rings is 3. The van der Waals surface area contributed by atoms with Crippen molar-refractivity contribution in [2.45, 2.75) is 0 Å². The van der Waals surface area contributed by atoms with Crippen LogP contribution in [0.4, 0.5) is 0 Å². The Kier molecular flexibility index (Phi) is 8.21. The molecule has 0 unspecified atom stereocenters. The minimum atomic E-state index is -3.31. The SMILES string of the molecule is c1ccc([Si](c2ccccc2)(c2nccc3c2oc2ccc(-c4ccc5sc6ccccc6c5c4)cc23)c2nccc3c2sc2ccc(-c4ccc5sc6ccccc6c5c4)cc23)cc1. The van der Waals surface area contributed by atoms with Crippen LogP contribution in [0, 0.1) is 0 Å². The van der Waals surface area contributed by atoms with Crippen LogP contribution in [0.5, 0.6) is 0 Å². The third-order valence-corrected chi connectivity index (χ3v) is 21.5. The van der Waals surface area contributed by atoms with Gasteiger partial charge in [0.05, 0.1) is 15.3 Å². The predicted octanol–water partition coefficient (Wildman–Crippen LogP) is 14.2. The molecule has 14 aromatic rings. The van der Waals surface area contributed by atoms with Gasteiger partial charge in [0.15, 0.2) is 5.58 Å². The molecule has 6 aromatic heterocycles. The number of nitrogens with zero attached hydrogens (tertiary/aromatic N) is 2. The molecule has 0 saturated carbocycles. The van der Waals surface area contributed by atoms with E-state index in [1.54, 1.807) is 0 Å². The number of furan rings is 1. The molecule has 3 nitrogen and oxygen atoms in total. The van der Waals surface area contributed by atoms with Gasteiger partial charge in [0.2, 0.25) is 8.07 Å². The molecule has 65 heavy (non-hydrogen) atoms. The van der Waals surface area contributed by atoms with Crippen LogP contribution < -0.4 is 21.0 Å². The fourth-order valence-corrected chi connectivity index (χ4v) is 18.7. The fourth-order valence-electron chi connectivity index (χ4n) is 10.3. The van der Waals surface area contributed by atoms with E-state index in [0.29, 0.717) is 0 Å². The molecule has 0 saturated heterocycles. The van der Waals surface area contributed by atoms with Gasteiger partial charge in [-0.15, -0.1) is 34.0 Å². The van der Waals surface area contributed by atoms with Crippen LogP contribution in [0.15, 0.2) is 211 Å². The summed E-state index contributed by atoms with van der Waals surface area (Å²) in [7, 11) is -3.31. The third kappa shape index (κ3) is 5.57. The summed E-state index contributed by atoms with van der Waals surface area (Å²) in [5.41, 5.74) is 6.44. The average molecular weight is 899 g/mol. The Bertz CT molecular complexity index is 3930. The highest BCUT2D eigenvalue weighted by Crippen LogP contribution is 2.41. The summed E-state index contributed by atoms with van der Waals surface area (Å²) in [5.74, 6) is 0. The molecule has 8 aromatic carbocycles. The van der Waals surface area contributed by atoms with E-state index in [1.165, 1.54) is 87.6 Å². The van der Waals surface area contributed by atoms with Crippen LogP contribution >= 0.6 is 34.0 Å². The van der Waals surface area contributed by atoms with Crippen molar-refractivity contribution in [3.8, 4) is 22.3 Å². The smallest absolute Gasteiger partial charge is 0.230 e. The molecular formula is C58H34N2OS3Si. The van der Waals surface area contributed by atoms with E-state index in [-0.39, 0.29) is 0 Å². The number of aromatic nitrogens is 2. The van der Waals surface area contributed by atoms with Crippen LogP contribution in [0.3, 0.4) is 0 Å². The van der Waals surface area contributed by atoms with Gasteiger partial charge in [-0.05, 0) is 105 Å². The second-order valence-corrected chi connectivity index (χ2v) is 23.6. The van der Waals surface area contributed by atoms with Crippen molar-refractivity contribution in [2.75, 3.05) is 0 Å². The number of fused-ring (bicyclic) bond motifs is 12. The van der Waals surface area contributed by atoms with E-state index < -0.39 is 8.07 Å². The Morgan fingerprint density at radius 3 is 1.37 bits per heavy atom. The molecule has 0 bridgehead atoms. The van der Waals surface area contributed by atoms with Crippen molar-refractivity contribution >= 4 is 146 Å². The first-order chi connectivity index (χ1) is 32.2. The standard InChI is InChI=1S/C58H34N2OS3Si/c1-3-11-39(12-4-1)65(40-13-5-2-6-14-40,57-55-43(27-29-59-57)45-31-35(19-23-49(45)61-55)36-20-24-52-46(32-36)41-15-7-9-17-50(41)62-52)58-56-44(28-30-60-58)48-34-38(22-26-54(48)64-56)37-21-25-53-47(33-37)42-16-8-10-18-51(42)63-53/h1-34H. The molecule has 7 heteroatoms. The van der Waals surface area contributed by atoms with E-state index in [0.717, 1.165) is 38.1 Å². The van der Waals surface area contributed by atoms with E-state index >= 15 is 0 Å². The van der Waals surface area contributed by atoms with Crippen molar-refractivity contribution in [3.05, 3.63) is 207 Å². The molecule has 0 N–H and O–H groups in total. The van der Waals surface area contributed by atoms with Crippen molar-refractivity contribution in [1.82, 2.24) is 9.97 Å². The summed E-state index contributed by atoms with van der Waals surface area (Å²) in [5, 5.41) is 14.2. The minimum absolute atomic E-state index is 0.817. The highest BCUT2D eigenvalue weighted by molar-refractivity contribution is 7.30. The van der Waals surface area contributed by atoms with Crippen molar-refractivity contribution in [2.24, 2.45) is 0 Å². The monoisotopic (exact) mass is 898 g/mol. The molecule has 0 aliphatic carbocycles. The average Bonchev–Trinajstić information content (AvgIpc) is 4.15. The van der Waals surface area contributed by atoms with E-state index in [9.17, 15) is 0 Å². The Labute approximate surface area is 386 Å². The molecule has 0 aliphatic rings. The van der Waals surface area contributed by atoms with Gasteiger partial charge < -0.3 is 4.42 Å². The predicted molar refractivity (Wildman–Crippen MR) is 282 cm³/mol. The zero-order valence-electron chi connectivity index (χ0n) is 34.7. The van der Waals surface area contributed by atoms with Crippen LogP contribution in [-0.4, -0.2) is 18.0 Å². The van der Waals surface area contributed by atoms with Crippen molar-refractivity contribution in [1.29, 1.82) is 0 Å². The quantitative estimate of drug-likeness (QED) is 0.156. The Balaban J connectivity index is 0.993. The molecule has 0 amide bonds. The van der Waals surface area contributed by atoms with Crippen LogP contribution in [0.25, 0.3) is 105 Å². The normalized spacial score (nSPS) is 12.3. The summed E-state index contributed by atoms with van der Waals surface area (Å²) in [4.78, 5) is 10.9. The number of rotatable bonds is 6. The number of benzene rings is 8. The molecule has 304 valence electrons. The second-order valence-electron chi connectivity index (χ2n) is 16.8. The summed E-state index contributed by atoms with van der Waals surface area (Å²) < 4.78 is 14.8. The lowest BCUT2D eigenvalue weighted by molar-refractivity contribution is 0.670. The maximum Gasteiger partial charge on any atom is 0.230 e. The van der Waals surface area contributed by atoms with Gasteiger partial charge in [-0.25, -0.2) is 0 Å². The molecule has 0 spiro atoms. The van der Waals surface area contributed by atoms with Crippen LogP contribution in [0.1, 0.15) is 0 Å². The highest BCUT2D eigenvalue weighted by atomic mass is 32.1. The lowest BCUT2D eigenvalue weighted by Crippen LogP contribution is -2.76. The number of hydrogen-bond donors (Lipinski definition) is 0. The van der Waals surface area contributed by atoms with Crippen LogP contribution in [0.2, 0.25) is 0 Å². The summed E-state index contributed by atoms with van der Waals surface area (Å²) >= 11 is 5.54. The van der Waals surface area contributed by atoms with E-state index in [4.69, 9.17) is 14.4 Å². The maximum absolute atomic E-state index is 7.10. The minimum Gasteiger partial charge on any atom is -0.455 e. The van der Waals surface area contributed by atoms with Gasteiger partial charge in [-0.3, -0.25) is 9.97 Å². The highest BCUT2D eigenvalue weighted by Gasteiger charge is 2.48.